The Morgan fingerprint density at radius 1 is 1.10 bits per heavy atom. The van der Waals surface area contributed by atoms with E-state index < -0.39 is 0 Å². The van der Waals surface area contributed by atoms with Crippen molar-refractivity contribution in [2.24, 2.45) is 0 Å². The smallest absolute Gasteiger partial charge is 0.262 e. The molecule has 0 aliphatic rings. The highest BCUT2D eigenvalue weighted by molar-refractivity contribution is 7.99. The van der Waals surface area contributed by atoms with Crippen LogP contribution in [0.2, 0.25) is 0 Å². The molecule has 0 N–H and O–H groups in total. The van der Waals surface area contributed by atoms with Crippen LogP contribution in [0, 0.1) is 0 Å². The lowest BCUT2D eigenvalue weighted by molar-refractivity contribution is 0.374. The van der Waals surface area contributed by atoms with Gasteiger partial charge in [0, 0.05) is 13.0 Å². The van der Waals surface area contributed by atoms with Gasteiger partial charge in [-0.25, -0.2) is 0 Å². The fraction of sp³-hybridized carbons (Fsp3) is 0.500. The van der Waals surface area contributed by atoms with Crippen molar-refractivity contribution in [1.29, 1.82) is 0 Å². The molecule has 8 nitrogen and oxygen atoms in total. The van der Waals surface area contributed by atoms with E-state index in [4.69, 9.17) is 4.52 Å². The molecule has 0 aliphatic carbocycles. The first-order chi connectivity index (χ1) is 15.1. The highest BCUT2D eigenvalue weighted by atomic mass is 32.2. The minimum Gasteiger partial charge on any atom is -0.338 e. The first kappa shape index (κ1) is 21.5. The lowest BCUT2D eigenvalue weighted by Gasteiger charge is -2.11. The average molecular weight is 441 g/mol. The topological polar surface area (TPSA) is 91.1 Å². The van der Waals surface area contributed by atoms with Crippen molar-refractivity contribution < 1.29 is 4.52 Å². The zero-order chi connectivity index (χ0) is 21.8. The number of aromatic nitrogens is 6. The molecule has 0 aliphatic heterocycles. The second-order valence-electron chi connectivity index (χ2n) is 7.71. The maximum Gasteiger partial charge on any atom is 0.262 e. The number of unbranched alkanes of at least 4 members (excludes halogenated alkanes) is 3. The molecule has 164 valence electrons. The maximum absolute atomic E-state index is 13.1. The molecule has 3 aromatic heterocycles. The molecule has 0 radical (unpaired) electrons. The molecule has 1 atom stereocenters. The van der Waals surface area contributed by atoms with Crippen LogP contribution in [-0.4, -0.2) is 29.3 Å². The van der Waals surface area contributed by atoms with Gasteiger partial charge in [0.25, 0.3) is 5.56 Å². The summed E-state index contributed by atoms with van der Waals surface area (Å²) in [6, 6.07) is 7.62. The average Bonchev–Trinajstić information content (AvgIpc) is 3.42. The molecule has 0 saturated carbocycles. The number of fused-ring (bicyclic) bond motifs is 3. The summed E-state index contributed by atoms with van der Waals surface area (Å²) >= 11 is 1.51. The predicted octanol–water partition coefficient (Wildman–Crippen LogP) is 4.81. The van der Waals surface area contributed by atoms with E-state index in [2.05, 4.69) is 34.2 Å². The number of rotatable bonds is 10. The summed E-state index contributed by atoms with van der Waals surface area (Å²) < 4.78 is 9.20. The molecule has 1 aromatic carbocycles. The van der Waals surface area contributed by atoms with Gasteiger partial charge in [-0.15, -0.1) is 10.2 Å². The van der Waals surface area contributed by atoms with Crippen LogP contribution in [0.1, 0.15) is 69.8 Å². The van der Waals surface area contributed by atoms with E-state index in [0.717, 1.165) is 49.9 Å². The number of benzene rings is 1. The third-order valence-electron chi connectivity index (χ3n) is 5.33. The zero-order valence-corrected chi connectivity index (χ0v) is 19.1. The van der Waals surface area contributed by atoms with Gasteiger partial charge in [-0.1, -0.05) is 62.2 Å². The maximum atomic E-state index is 13.1. The highest BCUT2D eigenvalue weighted by Gasteiger charge is 2.21. The van der Waals surface area contributed by atoms with Crippen LogP contribution < -0.4 is 5.56 Å². The molecule has 31 heavy (non-hydrogen) atoms. The van der Waals surface area contributed by atoms with Crippen molar-refractivity contribution in [2.75, 3.05) is 0 Å². The van der Waals surface area contributed by atoms with E-state index in [0.29, 0.717) is 28.8 Å². The summed E-state index contributed by atoms with van der Waals surface area (Å²) in [5.41, 5.74) is 0.789. The van der Waals surface area contributed by atoms with E-state index in [1.165, 1.54) is 11.8 Å². The van der Waals surface area contributed by atoms with Gasteiger partial charge < -0.3 is 4.52 Å². The van der Waals surface area contributed by atoms with Crippen LogP contribution in [0.3, 0.4) is 0 Å². The number of para-hydroxylation sites is 1. The SMILES string of the molecule is CCCCCn1c(=O)c2ccccc2n2c(S[C@H](C)c3nc(CCCC)no3)nnc12. The molecular formula is C22H28N6O2S. The molecular weight excluding hydrogens is 412 g/mol. The number of thioether (sulfide) groups is 1. The summed E-state index contributed by atoms with van der Waals surface area (Å²) in [5.74, 6) is 1.89. The fourth-order valence-electron chi connectivity index (χ4n) is 3.61. The van der Waals surface area contributed by atoms with Gasteiger partial charge in [0.15, 0.2) is 11.0 Å². The lowest BCUT2D eigenvalue weighted by Crippen LogP contribution is -2.23. The Morgan fingerprint density at radius 3 is 2.71 bits per heavy atom. The molecule has 4 aromatic rings. The van der Waals surface area contributed by atoms with Crippen molar-refractivity contribution >= 4 is 28.4 Å². The third kappa shape index (κ3) is 4.37. The van der Waals surface area contributed by atoms with E-state index in [9.17, 15) is 4.79 Å². The Bertz CT molecular complexity index is 1230. The second kappa shape index (κ2) is 9.64. The lowest BCUT2D eigenvalue weighted by atomic mass is 10.2. The predicted molar refractivity (Wildman–Crippen MR) is 121 cm³/mol. The molecule has 4 rings (SSSR count). The van der Waals surface area contributed by atoms with Gasteiger partial charge in [-0.2, -0.15) is 4.98 Å². The first-order valence-corrected chi connectivity index (χ1v) is 11.9. The van der Waals surface area contributed by atoms with Crippen molar-refractivity contribution in [3.05, 3.63) is 46.3 Å². The fourth-order valence-corrected chi connectivity index (χ4v) is 4.50. The monoisotopic (exact) mass is 440 g/mol. The van der Waals surface area contributed by atoms with Gasteiger partial charge in [0.2, 0.25) is 11.7 Å². The minimum absolute atomic E-state index is 0.0198. The van der Waals surface area contributed by atoms with E-state index in [-0.39, 0.29) is 10.8 Å². The standard InChI is InChI=1S/C22H28N6O2S/c1-4-6-10-14-27-20(29)16-11-8-9-12-17(16)28-21(27)24-25-22(28)31-15(3)19-23-18(26-30-19)13-7-5-2/h8-9,11-12,15H,4-7,10,13-14H2,1-3H3/t15-/m1/s1. The van der Waals surface area contributed by atoms with Gasteiger partial charge in [-0.3, -0.25) is 13.8 Å². The van der Waals surface area contributed by atoms with Crippen LogP contribution in [0.15, 0.2) is 38.7 Å². The number of aryl methyl sites for hydroxylation is 2. The van der Waals surface area contributed by atoms with Crippen molar-refractivity contribution in [2.45, 2.75) is 76.2 Å². The van der Waals surface area contributed by atoms with Crippen LogP contribution in [0.25, 0.3) is 16.7 Å². The molecule has 0 saturated heterocycles. The Morgan fingerprint density at radius 2 is 1.90 bits per heavy atom. The largest absolute Gasteiger partial charge is 0.338 e. The molecule has 0 bridgehead atoms. The Kier molecular flexibility index (Phi) is 6.70. The summed E-state index contributed by atoms with van der Waals surface area (Å²) in [4.78, 5) is 17.7. The van der Waals surface area contributed by atoms with Crippen molar-refractivity contribution in [3.63, 3.8) is 0 Å². The number of hydrogen-bond acceptors (Lipinski definition) is 7. The van der Waals surface area contributed by atoms with Crippen LogP contribution >= 0.6 is 11.8 Å². The third-order valence-corrected chi connectivity index (χ3v) is 6.36. The molecule has 9 heteroatoms. The first-order valence-electron chi connectivity index (χ1n) is 11.0. The zero-order valence-electron chi connectivity index (χ0n) is 18.2. The normalized spacial score (nSPS) is 12.7. The Balaban J connectivity index is 1.72. The summed E-state index contributed by atoms with van der Waals surface area (Å²) in [7, 11) is 0. The minimum atomic E-state index is -0.0884. The van der Waals surface area contributed by atoms with Crippen LogP contribution in [0.4, 0.5) is 0 Å². The van der Waals surface area contributed by atoms with Crippen LogP contribution in [0.5, 0.6) is 0 Å². The summed E-state index contributed by atoms with van der Waals surface area (Å²) in [6.45, 7) is 6.94. The summed E-state index contributed by atoms with van der Waals surface area (Å²) in [5, 5.41) is 14.2. The number of nitrogens with zero attached hydrogens (tertiary/aromatic N) is 6. The van der Waals surface area contributed by atoms with Gasteiger partial charge in [-0.05, 0) is 31.9 Å². The van der Waals surface area contributed by atoms with E-state index in [1.54, 1.807) is 4.57 Å². The number of hydrogen-bond donors (Lipinski definition) is 0. The van der Waals surface area contributed by atoms with E-state index in [1.807, 2.05) is 35.6 Å². The van der Waals surface area contributed by atoms with E-state index >= 15 is 0 Å². The summed E-state index contributed by atoms with van der Waals surface area (Å²) in [6.07, 6.45) is 6.03. The molecule has 0 unspecified atom stereocenters. The van der Waals surface area contributed by atoms with Crippen molar-refractivity contribution in [3.8, 4) is 0 Å². The van der Waals surface area contributed by atoms with Gasteiger partial charge in [0.05, 0.1) is 16.2 Å². The van der Waals surface area contributed by atoms with Gasteiger partial charge >= 0.3 is 0 Å². The second-order valence-corrected chi connectivity index (χ2v) is 9.02. The van der Waals surface area contributed by atoms with Gasteiger partial charge in [0.1, 0.15) is 0 Å². The highest BCUT2D eigenvalue weighted by Crippen LogP contribution is 2.34. The molecule has 0 amide bonds. The Hall–Kier alpha value is -2.68. The molecule has 0 spiro atoms. The molecule has 3 heterocycles. The Labute approximate surface area is 185 Å². The van der Waals surface area contributed by atoms with Crippen LogP contribution in [-0.2, 0) is 13.0 Å². The quantitative estimate of drug-likeness (QED) is 0.258. The molecule has 0 fully saturated rings. The van der Waals surface area contributed by atoms with Crippen molar-refractivity contribution in [1.82, 2.24) is 29.3 Å².